The first kappa shape index (κ1) is 19.2. The zero-order valence-corrected chi connectivity index (χ0v) is 17.7. The minimum absolute atomic E-state index is 0.254. The molecule has 3 unspecified atom stereocenters. The molecule has 0 fully saturated rings. The summed E-state index contributed by atoms with van der Waals surface area (Å²) in [5, 5.41) is 9.51. The van der Waals surface area contributed by atoms with Crippen molar-refractivity contribution in [2.75, 3.05) is 13.2 Å². The lowest BCUT2D eigenvalue weighted by molar-refractivity contribution is 0.0696. The second-order valence-corrected chi connectivity index (χ2v) is 8.88. The summed E-state index contributed by atoms with van der Waals surface area (Å²) in [5.41, 5.74) is 6.76. The first-order chi connectivity index (χ1) is 15.7. The van der Waals surface area contributed by atoms with Gasteiger partial charge in [-0.15, -0.1) is 0 Å². The van der Waals surface area contributed by atoms with Crippen LogP contribution < -0.4 is 9.47 Å². The van der Waals surface area contributed by atoms with Crippen molar-refractivity contribution in [1.29, 1.82) is 0 Å². The molecule has 0 radical (unpaired) electrons. The highest BCUT2D eigenvalue weighted by Crippen LogP contribution is 2.54. The fourth-order valence-electron chi connectivity index (χ4n) is 5.66. The molecular formula is C28H24O4. The molecule has 0 aromatic heterocycles. The molecule has 1 heterocycles. The molecule has 4 nitrogen and oxygen atoms in total. The highest BCUT2D eigenvalue weighted by atomic mass is 16.6. The van der Waals surface area contributed by atoms with Gasteiger partial charge in [0.2, 0.25) is 0 Å². The molecular weight excluding hydrogens is 400 g/mol. The largest absolute Gasteiger partial charge is 0.486 e. The average Bonchev–Trinajstić information content (AvgIpc) is 3.29. The number of allylic oxidation sites excluding steroid dienone is 2. The molecule has 160 valence electrons. The molecule has 3 aliphatic rings. The number of benzene rings is 3. The number of carbonyl (C=O) groups is 1. The summed E-state index contributed by atoms with van der Waals surface area (Å²) in [7, 11) is 0. The van der Waals surface area contributed by atoms with Gasteiger partial charge in [-0.05, 0) is 82.7 Å². The van der Waals surface area contributed by atoms with E-state index in [4.69, 9.17) is 9.47 Å². The van der Waals surface area contributed by atoms with Gasteiger partial charge in [0.05, 0.1) is 5.56 Å². The van der Waals surface area contributed by atoms with Crippen molar-refractivity contribution in [3.8, 4) is 11.5 Å². The summed E-state index contributed by atoms with van der Waals surface area (Å²) in [4.78, 5) is 11.6. The second kappa shape index (κ2) is 7.56. The lowest BCUT2D eigenvalue weighted by Gasteiger charge is -2.36. The first-order valence-electron chi connectivity index (χ1n) is 11.2. The number of carboxylic acid groups (broad SMARTS) is 1. The summed E-state index contributed by atoms with van der Waals surface area (Å²) in [6.07, 6.45) is 4.31. The molecule has 32 heavy (non-hydrogen) atoms. The summed E-state index contributed by atoms with van der Waals surface area (Å²) in [6, 6.07) is 22.4. The van der Waals surface area contributed by atoms with Gasteiger partial charge in [0.15, 0.2) is 11.5 Å². The Morgan fingerprint density at radius 1 is 0.844 bits per heavy atom. The first-order valence-corrected chi connectivity index (χ1v) is 11.2. The van der Waals surface area contributed by atoms with Crippen molar-refractivity contribution < 1.29 is 19.4 Å². The lowest BCUT2D eigenvalue weighted by atomic mass is 9.68. The van der Waals surface area contributed by atoms with Crippen LogP contribution in [-0.2, 0) is 6.42 Å². The van der Waals surface area contributed by atoms with Gasteiger partial charge in [-0.1, -0.05) is 48.5 Å². The maximum absolute atomic E-state index is 11.6. The van der Waals surface area contributed by atoms with Gasteiger partial charge in [0.1, 0.15) is 13.2 Å². The number of aromatic carboxylic acids is 1. The van der Waals surface area contributed by atoms with Crippen molar-refractivity contribution in [3.05, 3.63) is 101 Å². The van der Waals surface area contributed by atoms with E-state index in [0.717, 1.165) is 29.9 Å². The normalized spacial score (nSPS) is 23.1. The van der Waals surface area contributed by atoms with E-state index in [-0.39, 0.29) is 5.92 Å². The highest BCUT2D eigenvalue weighted by molar-refractivity contribution is 5.87. The molecule has 0 amide bonds. The van der Waals surface area contributed by atoms with E-state index in [1.165, 1.54) is 22.3 Å². The van der Waals surface area contributed by atoms with Crippen LogP contribution in [0.5, 0.6) is 11.5 Å². The van der Waals surface area contributed by atoms with Crippen molar-refractivity contribution in [1.82, 2.24) is 0 Å². The van der Waals surface area contributed by atoms with E-state index in [9.17, 15) is 9.90 Å². The number of hydrogen-bond donors (Lipinski definition) is 1. The quantitative estimate of drug-likeness (QED) is 0.587. The van der Waals surface area contributed by atoms with Crippen LogP contribution in [0.25, 0.3) is 5.57 Å². The number of hydrogen-bond acceptors (Lipinski definition) is 3. The number of fused-ring (bicyclic) bond motifs is 4. The zero-order chi connectivity index (χ0) is 21.7. The van der Waals surface area contributed by atoms with E-state index in [2.05, 4.69) is 48.5 Å². The van der Waals surface area contributed by atoms with Gasteiger partial charge in [-0.25, -0.2) is 4.79 Å². The molecule has 0 saturated carbocycles. The van der Waals surface area contributed by atoms with Gasteiger partial charge in [-0.2, -0.15) is 0 Å². The smallest absolute Gasteiger partial charge is 0.335 e. The third-order valence-electron chi connectivity index (χ3n) is 7.13. The fourth-order valence-corrected chi connectivity index (χ4v) is 5.66. The Balaban J connectivity index is 1.42. The molecule has 1 aliphatic heterocycles. The van der Waals surface area contributed by atoms with Crippen molar-refractivity contribution in [2.45, 2.75) is 24.7 Å². The van der Waals surface area contributed by atoms with Gasteiger partial charge in [0.25, 0.3) is 0 Å². The highest BCUT2D eigenvalue weighted by Gasteiger charge is 2.40. The fraction of sp³-hybridized carbons (Fsp3) is 0.250. The van der Waals surface area contributed by atoms with Crippen molar-refractivity contribution >= 4 is 11.5 Å². The summed E-state index contributed by atoms with van der Waals surface area (Å²) < 4.78 is 11.5. The molecule has 6 rings (SSSR count). The maximum Gasteiger partial charge on any atom is 0.335 e. The maximum atomic E-state index is 11.6. The number of ether oxygens (including phenoxy) is 2. The van der Waals surface area contributed by atoms with E-state index in [1.54, 1.807) is 6.07 Å². The van der Waals surface area contributed by atoms with Gasteiger partial charge in [-0.3, -0.25) is 0 Å². The Kier molecular flexibility index (Phi) is 4.53. The summed E-state index contributed by atoms with van der Waals surface area (Å²) >= 11 is 0. The zero-order valence-electron chi connectivity index (χ0n) is 17.7. The number of rotatable bonds is 3. The Hall–Kier alpha value is -3.53. The standard InChI is InChI=1S/C28H24O4/c29-28(30)20-6-3-5-18(12-20)23-13-19-4-1-2-7-22(19)24-14-21(15-25(23)24)17-8-9-26-27(16-17)32-11-10-31-26/h1-9,12,15-16,23-25H,10-11,13-14H2,(H,29,30). The summed E-state index contributed by atoms with van der Waals surface area (Å²) in [6.45, 7) is 1.17. The summed E-state index contributed by atoms with van der Waals surface area (Å²) in [5.74, 6) is 1.72. The molecule has 3 atom stereocenters. The van der Waals surface area contributed by atoms with Crippen LogP contribution in [0, 0.1) is 5.92 Å². The SMILES string of the molecule is O=C(O)c1cccc(C2Cc3ccccc3C3CC(c4ccc5c(c4)OCCO5)=CC23)c1. The second-order valence-electron chi connectivity index (χ2n) is 8.88. The van der Waals surface area contributed by atoms with Crippen LogP contribution in [0.15, 0.2) is 72.8 Å². The van der Waals surface area contributed by atoms with Crippen LogP contribution in [0.1, 0.15) is 50.9 Å². The molecule has 0 spiro atoms. The monoisotopic (exact) mass is 424 g/mol. The molecule has 1 N–H and O–H groups in total. The minimum Gasteiger partial charge on any atom is -0.486 e. The van der Waals surface area contributed by atoms with Crippen LogP contribution in [0.3, 0.4) is 0 Å². The Labute approximate surface area is 187 Å². The van der Waals surface area contributed by atoms with E-state index < -0.39 is 5.97 Å². The Bertz CT molecular complexity index is 1240. The van der Waals surface area contributed by atoms with Gasteiger partial charge < -0.3 is 14.6 Å². The Morgan fingerprint density at radius 3 is 2.56 bits per heavy atom. The lowest BCUT2D eigenvalue weighted by Crippen LogP contribution is -2.25. The molecule has 3 aromatic rings. The minimum atomic E-state index is -0.876. The predicted octanol–water partition coefficient (Wildman–Crippen LogP) is 5.68. The van der Waals surface area contributed by atoms with Crippen molar-refractivity contribution in [2.24, 2.45) is 5.92 Å². The third kappa shape index (κ3) is 3.18. The molecule has 3 aromatic carbocycles. The predicted molar refractivity (Wildman–Crippen MR) is 123 cm³/mol. The molecule has 0 bridgehead atoms. The van der Waals surface area contributed by atoms with Crippen LogP contribution in [0.4, 0.5) is 0 Å². The van der Waals surface area contributed by atoms with Crippen LogP contribution >= 0.6 is 0 Å². The molecule has 0 saturated heterocycles. The van der Waals surface area contributed by atoms with Crippen LogP contribution in [0.2, 0.25) is 0 Å². The Morgan fingerprint density at radius 2 is 1.69 bits per heavy atom. The van der Waals surface area contributed by atoms with Gasteiger partial charge in [0, 0.05) is 0 Å². The van der Waals surface area contributed by atoms with Crippen LogP contribution in [-0.4, -0.2) is 24.3 Å². The molecule has 2 aliphatic carbocycles. The van der Waals surface area contributed by atoms with E-state index in [1.807, 2.05) is 18.2 Å². The van der Waals surface area contributed by atoms with E-state index in [0.29, 0.717) is 30.6 Å². The third-order valence-corrected chi connectivity index (χ3v) is 7.13. The van der Waals surface area contributed by atoms with Gasteiger partial charge >= 0.3 is 5.97 Å². The topological polar surface area (TPSA) is 55.8 Å². The van der Waals surface area contributed by atoms with Crippen molar-refractivity contribution in [3.63, 3.8) is 0 Å². The average molecular weight is 424 g/mol. The van der Waals surface area contributed by atoms with E-state index >= 15 is 0 Å². The molecule has 4 heteroatoms. The number of carboxylic acids is 1.